The molecule has 0 fully saturated rings. The molecule has 1 aromatic carbocycles. The van der Waals surface area contributed by atoms with Gasteiger partial charge in [-0.3, -0.25) is 10.2 Å². The summed E-state index contributed by atoms with van der Waals surface area (Å²) in [6, 6.07) is 5.49. The normalized spacial score (nSPS) is 11.2. The highest BCUT2D eigenvalue weighted by Crippen LogP contribution is 2.25. The molecule has 0 bridgehead atoms. The first kappa shape index (κ1) is 16.2. The van der Waals surface area contributed by atoms with E-state index in [1.165, 1.54) is 0 Å². The Hall–Kier alpha value is -1.89. The van der Waals surface area contributed by atoms with Crippen LogP contribution in [0.4, 0.5) is 5.69 Å². The van der Waals surface area contributed by atoms with Gasteiger partial charge in [0.15, 0.2) is 0 Å². The summed E-state index contributed by atoms with van der Waals surface area (Å²) in [5.74, 6) is -2.12. The third-order valence-corrected chi connectivity index (χ3v) is 3.61. The second-order valence-corrected chi connectivity index (χ2v) is 4.95. The minimum atomic E-state index is -1.16. The van der Waals surface area contributed by atoms with Crippen LogP contribution in [0.5, 0.6) is 0 Å². The molecule has 0 unspecified atom stereocenters. The van der Waals surface area contributed by atoms with Crippen LogP contribution in [-0.4, -0.2) is 27.9 Å². The number of aryl methyl sites for hydroxylation is 1. The molecule has 3 N–H and O–H groups in total. The van der Waals surface area contributed by atoms with Crippen molar-refractivity contribution in [2.45, 2.75) is 26.2 Å². The first-order valence-corrected chi connectivity index (χ1v) is 6.74. The molecule has 0 saturated heterocycles. The summed E-state index contributed by atoms with van der Waals surface area (Å²) in [4.78, 5) is 21.4. The van der Waals surface area contributed by atoms with Crippen molar-refractivity contribution in [2.75, 3.05) is 5.43 Å². The largest absolute Gasteiger partial charge is 0.481 e. The van der Waals surface area contributed by atoms with Crippen LogP contribution in [0.1, 0.15) is 24.8 Å². The van der Waals surface area contributed by atoms with E-state index in [0.717, 1.165) is 10.0 Å². The number of carbonyl (C=O) groups is 2. The molecule has 0 aliphatic heterocycles. The first-order chi connectivity index (χ1) is 9.41. The van der Waals surface area contributed by atoms with Gasteiger partial charge < -0.3 is 10.2 Å². The Labute approximate surface area is 124 Å². The predicted molar refractivity (Wildman–Crippen MR) is 79.1 cm³/mol. The molecule has 6 nitrogen and oxygen atoms in total. The van der Waals surface area contributed by atoms with Gasteiger partial charge in [0.05, 0.1) is 5.69 Å². The van der Waals surface area contributed by atoms with Gasteiger partial charge in [0.25, 0.3) is 0 Å². The number of nitrogens with zero attached hydrogens (tertiary/aromatic N) is 1. The van der Waals surface area contributed by atoms with E-state index in [9.17, 15) is 9.59 Å². The Morgan fingerprint density at radius 1 is 1.30 bits per heavy atom. The predicted octanol–water partition coefficient (Wildman–Crippen LogP) is 2.86. The summed E-state index contributed by atoms with van der Waals surface area (Å²) >= 11 is 3.38. The quantitative estimate of drug-likeness (QED) is 0.522. The molecule has 0 aliphatic rings. The highest BCUT2D eigenvalue weighted by atomic mass is 79.9. The topological polar surface area (TPSA) is 99.0 Å². The van der Waals surface area contributed by atoms with Crippen molar-refractivity contribution < 1.29 is 19.8 Å². The zero-order valence-corrected chi connectivity index (χ0v) is 12.5. The summed E-state index contributed by atoms with van der Waals surface area (Å²) in [6.45, 7) is 1.91. The van der Waals surface area contributed by atoms with E-state index in [0.29, 0.717) is 5.69 Å². The summed E-state index contributed by atoms with van der Waals surface area (Å²) in [7, 11) is 0. The van der Waals surface area contributed by atoms with Crippen molar-refractivity contribution in [3.05, 3.63) is 28.2 Å². The number of anilines is 1. The first-order valence-electron chi connectivity index (χ1n) is 5.94. The summed E-state index contributed by atoms with van der Waals surface area (Å²) < 4.78 is 0.805. The Kier molecular flexibility index (Phi) is 6.17. The smallest absolute Gasteiger partial charge is 0.352 e. The Morgan fingerprint density at radius 2 is 2.00 bits per heavy atom. The maximum atomic E-state index is 11.0. The van der Waals surface area contributed by atoms with Crippen LogP contribution >= 0.6 is 15.9 Å². The van der Waals surface area contributed by atoms with Gasteiger partial charge in [-0.2, -0.15) is 5.10 Å². The number of hydrogen-bond acceptors (Lipinski definition) is 4. The van der Waals surface area contributed by atoms with E-state index in [1.54, 1.807) is 6.07 Å². The third-order valence-electron chi connectivity index (χ3n) is 2.55. The Morgan fingerprint density at radius 3 is 2.60 bits per heavy atom. The standard InChI is InChI=1S/C13H15BrN2O4/c1-8-4-2-5-9(12(8)14)15-16-10(13(19)20)6-3-7-11(17)18/h2,4-5,15H,3,6-7H2,1H3,(H,17,18)(H,19,20)/b16-10+. The highest BCUT2D eigenvalue weighted by Gasteiger charge is 2.11. The fourth-order valence-corrected chi connectivity index (χ4v) is 1.83. The highest BCUT2D eigenvalue weighted by molar-refractivity contribution is 9.10. The molecule has 7 heteroatoms. The Bertz CT molecular complexity index is 543. The summed E-state index contributed by atoms with van der Waals surface area (Å²) in [5, 5.41) is 21.4. The van der Waals surface area contributed by atoms with Crippen molar-refractivity contribution in [3.63, 3.8) is 0 Å². The fourth-order valence-electron chi connectivity index (χ4n) is 1.48. The maximum Gasteiger partial charge on any atom is 0.352 e. The number of halogens is 1. The molecule has 0 aliphatic carbocycles. The SMILES string of the molecule is Cc1cccc(N/N=C(\CCCC(=O)O)C(=O)O)c1Br. The summed E-state index contributed by atoms with van der Waals surface area (Å²) in [5.41, 5.74) is 4.24. The average Bonchev–Trinajstić information content (AvgIpc) is 2.37. The van der Waals surface area contributed by atoms with Gasteiger partial charge in [0.2, 0.25) is 0 Å². The number of hydrogen-bond donors (Lipinski definition) is 3. The van der Waals surface area contributed by atoms with Crippen molar-refractivity contribution in [1.29, 1.82) is 0 Å². The van der Waals surface area contributed by atoms with Crippen LogP contribution in [-0.2, 0) is 9.59 Å². The van der Waals surface area contributed by atoms with Gasteiger partial charge in [-0.15, -0.1) is 0 Å². The molecule has 0 heterocycles. The molecule has 20 heavy (non-hydrogen) atoms. The lowest BCUT2D eigenvalue weighted by molar-refractivity contribution is -0.137. The second-order valence-electron chi connectivity index (χ2n) is 4.16. The van der Waals surface area contributed by atoms with Gasteiger partial charge in [-0.05, 0) is 47.3 Å². The molecular formula is C13H15BrN2O4. The molecule has 1 aromatic rings. The number of nitrogens with one attached hydrogen (secondary N) is 1. The molecule has 0 amide bonds. The van der Waals surface area contributed by atoms with Gasteiger partial charge in [0.1, 0.15) is 5.71 Å². The lowest BCUT2D eigenvalue weighted by Crippen LogP contribution is -2.15. The third kappa shape index (κ3) is 5.00. The molecule has 0 radical (unpaired) electrons. The fraction of sp³-hybridized carbons (Fsp3) is 0.308. The van der Waals surface area contributed by atoms with E-state index in [1.807, 2.05) is 19.1 Å². The van der Waals surface area contributed by atoms with Crippen LogP contribution in [0.3, 0.4) is 0 Å². The monoisotopic (exact) mass is 342 g/mol. The minimum Gasteiger partial charge on any atom is -0.481 e. The Balaban J connectivity index is 2.74. The lowest BCUT2D eigenvalue weighted by atomic mass is 10.1. The molecular weight excluding hydrogens is 328 g/mol. The van der Waals surface area contributed by atoms with Gasteiger partial charge in [0, 0.05) is 10.9 Å². The van der Waals surface area contributed by atoms with Crippen molar-refractivity contribution in [1.82, 2.24) is 0 Å². The average molecular weight is 343 g/mol. The van der Waals surface area contributed by atoms with E-state index >= 15 is 0 Å². The number of carboxylic acids is 2. The van der Waals surface area contributed by atoms with Crippen LogP contribution in [0.25, 0.3) is 0 Å². The minimum absolute atomic E-state index is 0.0829. The van der Waals surface area contributed by atoms with Gasteiger partial charge >= 0.3 is 11.9 Å². The van der Waals surface area contributed by atoms with Crippen molar-refractivity contribution >= 4 is 39.3 Å². The van der Waals surface area contributed by atoms with E-state index < -0.39 is 11.9 Å². The number of hydrazone groups is 1. The molecule has 108 valence electrons. The molecule has 0 saturated carbocycles. The number of rotatable bonds is 7. The zero-order chi connectivity index (χ0) is 15.1. The lowest BCUT2D eigenvalue weighted by Gasteiger charge is -2.07. The molecule has 0 spiro atoms. The molecule has 0 atom stereocenters. The van der Waals surface area contributed by atoms with Crippen LogP contribution < -0.4 is 5.43 Å². The van der Waals surface area contributed by atoms with Gasteiger partial charge in [-0.1, -0.05) is 12.1 Å². The number of aliphatic carboxylic acids is 2. The number of benzene rings is 1. The maximum absolute atomic E-state index is 11.0. The zero-order valence-electron chi connectivity index (χ0n) is 10.9. The van der Waals surface area contributed by atoms with Crippen LogP contribution in [0.2, 0.25) is 0 Å². The van der Waals surface area contributed by atoms with E-state index in [-0.39, 0.29) is 25.0 Å². The number of carboxylic acid groups (broad SMARTS) is 2. The van der Waals surface area contributed by atoms with Crippen LogP contribution in [0, 0.1) is 6.92 Å². The van der Waals surface area contributed by atoms with E-state index in [4.69, 9.17) is 10.2 Å². The van der Waals surface area contributed by atoms with E-state index in [2.05, 4.69) is 26.5 Å². The molecule has 0 aromatic heterocycles. The van der Waals surface area contributed by atoms with Crippen molar-refractivity contribution in [2.24, 2.45) is 5.10 Å². The van der Waals surface area contributed by atoms with Crippen molar-refractivity contribution in [3.8, 4) is 0 Å². The van der Waals surface area contributed by atoms with Crippen LogP contribution in [0.15, 0.2) is 27.8 Å². The summed E-state index contributed by atoms with van der Waals surface area (Å²) in [6.07, 6.45) is 0.246. The van der Waals surface area contributed by atoms with Gasteiger partial charge in [-0.25, -0.2) is 4.79 Å². The molecule has 1 rings (SSSR count). The second kappa shape index (κ2) is 7.64.